The van der Waals surface area contributed by atoms with Crippen molar-refractivity contribution in [1.82, 2.24) is 10.3 Å². The summed E-state index contributed by atoms with van der Waals surface area (Å²) in [6, 6.07) is -0.504. The molecule has 1 heterocycles. The van der Waals surface area contributed by atoms with Crippen molar-refractivity contribution in [2.45, 2.75) is 25.9 Å². The van der Waals surface area contributed by atoms with E-state index >= 15 is 0 Å². The molecule has 0 aromatic carbocycles. The van der Waals surface area contributed by atoms with Crippen molar-refractivity contribution in [2.75, 3.05) is 0 Å². The number of nitrogens with one attached hydrogen (secondary N) is 1. The molecule has 0 aliphatic rings. The van der Waals surface area contributed by atoms with E-state index in [0.29, 0.717) is 13.0 Å². The second-order valence-electron chi connectivity index (χ2n) is 3.21. The van der Waals surface area contributed by atoms with Crippen molar-refractivity contribution in [2.24, 2.45) is 5.73 Å². The zero-order valence-corrected chi connectivity index (χ0v) is 9.51. The largest absolute Gasteiger partial charge is 0.350 e. The van der Waals surface area contributed by atoms with E-state index in [1.54, 1.807) is 11.6 Å². The third-order valence-corrected chi connectivity index (χ3v) is 2.96. The summed E-state index contributed by atoms with van der Waals surface area (Å²) in [4.78, 5) is 16.6. The number of carbonyl (C=O) groups excluding carboxylic acids is 1. The number of carbonyl (C=O) groups is 1. The molecule has 0 radical (unpaired) electrons. The summed E-state index contributed by atoms with van der Waals surface area (Å²) in [5.74, 6) is -0.150. The van der Waals surface area contributed by atoms with Gasteiger partial charge in [0.2, 0.25) is 5.91 Å². The van der Waals surface area contributed by atoms with Gasteiger partial charge in [-0.2, -0.15) is 0 Å². The molecule has 5 heteroatoms. The highest BCUT2D eigenvalue weighted by Gasteiger charge is 2.11. The van der Waals surface area contributed by atoms with Crippen LogP contribution in [0.1, 0.15) is 17.0 Å². The first-order chi connectivity index (χ1) is 7.15. The van der Waals surface area contributed by atoms with Gasteiger partial charge in [-0.3, -0.25) is 4.79 Å². The van der Waals surface area contributed by atoms with E-state index in [4.69, 9.17) is 5.73 Å². The van der Waals surface area contributed by atoms with Crippen LogP contribution in [0, 0.1) is 6.92 Å². The number of rotatable bonds is 5. The van der Waals surface area contributed by atoms with Crippen LogP contribution >= 0.6 is 11.3 Å². The Bertz CT molecular complexity index is 348. The number of aryl methyl sites for hydroxylation is 1. The highest BCUT2D eigenvalue weighted by atomic mass is 32.1. The highest BCUT2D eigenvalue weighted by Crippen LogP contribution is 2.11. The van der Waals surface area contributed by atoms with E-state index in [1.165, 1.54) is 11.3 Å². The average Bonchev–Trinajstić information content (AvgIpc) is 2.61. The molecule has 0 spiro atoms. The lowest BCUT2D eigenvalue weighted by Gasteiger charge is -2.09. The molecule has 1 atom stereocenters. The second kappa shape index (κ2) is 5.63. The molecule has 1 aromatic rings. The molecule has 0 saturated carbocycles. The first-order valence-electron chi connectivity index (χ1n) is 4.68. The normalized spacial score (nSPS) is 12.1. The smallest absolute Gasteiger partial charge is 0.237 e. The lowest BCUT2D eigenvalue weighted by Crippen LogP contribution is -2.39. The number of hydrogen-bond donors (Lipinski definition) is 2. The van der Waals surface area contributed by atoms with Crippen LogP contribution < -0.4 is 11.1 Å². The van der Waals surface area contributed by atoms with Gasteiger partial charge in [0.15, 0.2) is 0 Å². The van der Waals surface area contributed by atoms with Gasteiger partial charge < -0.3 is 11.1 Å². The van der Waals surface area contributed by atoms with Crippen LogP contribution in [0.5, 0.6) is 0 Å². The number of amides is 1. The average molecular weight is 225 g/mol. The van der Waals surface area contributed by atoms with Gasteiger partial charge in [0, 0.05) is 4.88 Å². The summed E-state index contributed by atoms with van der Waals surface area (Å²) in [7, 11) is 0. The number of nitrogens with two attached hydrogens (primary N) is 1. The standard InChI is InChI=1S/C10H15N3OS/c1-3-4-8(11)10(14)12-5-9-7(2)13-6-15-9/h3,6,8H,1,4-5,11H2,2H3,(H,12,14). The van der Waals surface area contributed by atoms with Gasteiger partial charge in [0.1, 0.15) is 0 Å². The molecular weight excluding hydrogens is 210 g/mol. The van der Waals surface area contributed by atoms with Crippen molar-refractivity contribution in [3.8, 4) is 0 Å². The minimum atomic E-state index is -0.504. The van der Waals surface area contributed by atoms with E-state index in [0.717, 1.165) is 10.6 Å². The van der Waals surface area contributed by atoms with Crippen LogP contribution in [0.15, 0.2) is 18.2 Å². The maximum Gasteiger partial charge on any atom is 0.237 e. The van der Waals surface area contributed by atoms with Crippen molar-refractivity contribution >= 4 is 17.2 Å². The van der Waals surface area contributed by atoms with Gasteiger partial charge in [0.25, 0.3) is 0 Å². The van der Waals surface area contributed by atoms with E-state index < -0.39 is 6.04 Å². The summed E-state index contributed by atoms with van der Waals surface area (Å²) in [5.41, 5.74) is 8.33. The molecule has 1 aromatic heterocycles. The molecule has 1 rings (SSSR count). The Kier molecular flexibility index (Phi) is 4.45. The first-order valence-corrected chi connectivity index (χ1v) is 5.56. The van der Waals surface area contributed by atoms with Gasteiger partial charge in [0.05, 0.1) is 23.8 Å². The number of nitrogens with zero attached hydrogens (tertiary/aromatic N) is 1. The van der Waals surface area contributed by atoms with Gasteiger partial charge in [-0.15, -0.1) is 17.9 Å². The number of hydrogen-bond acceptors (Lipinski definition) is 4. The quantitative estimate of drug-likeness (QED) is 0.734. The van der Waals surface area contributed by atoms with E-state index in [9.17, 15) is 4.79 Å². The van der Waals surface area contributed by atoms with Crippen LogP contribution in [-0.2, 0) is 11.3 Å². The molecule has 82 valence electrons. The molecule has 0 aliphatic carbocycles. The molecule has 3 N–H and O–H groups in total. The third-order valence-electron chi connectivity index (χ3n) is 2.03. The minimum Gasteiger partial charge on any atom is -0.350 e. The van der Waals surface area contributed by atoms with E-state index in [1.807, 2.05) is 6.92 Å². The topological polar surface area (TPSA) is 68.0 Å². The molecular formula is C10H15N3OS. The molecule has 1 unspecified atom stereocenters. The van der Waals surface area contributed by atoms with Crippen LogP contribution in [0.4, 0.5) is 0 Å². The zero-order valence-electron chi connectivity index (χ0n) is 8.69. The molecule has 0 saturated heterocycles. The molecule has 15 heavy (non-hydrogen) atoms. The van der Waals surface area contributed by atoms with Crippen molar-refractivity contribution < 1.29 is 4.79 Å². The Balaban J connectivity index is 2.40. The van der Waals surface area contributed by atoms with Crippen LogP contribution in [0.2, 0.25) is 0 Å². The Morgan fingerprint density at radius 1 is 1.87 bits per heavy atom. The Morgan fingerprint density at radius 3 is 3.13 bits per heavy atom. The molecule has 1 amide bonds. The van der Waals surface area contributed by atoms with E-state index in [2.05, 4.69) is 16.9 Å². The SMILES string of the molecule is C=CCC(N)C(=O)NCc1scnc1C. The van der Waals surface area contributed by atoms with Crippen molar-refractivity contribution in [1.29, 1.82) is 0 Å². The fraction of sp³-hybridized carbons (Fsp3) is 0.400. The molecule has 0 bridgehead atoms. The van der Waals surface area contributed by atoms with Crippen molar-refractivity contribution in [3.63, 3.8) is 0 Å². The number of aromatic nitrogens is 1. The minimum absolute atomic E-state index is 0.150. The molecule has 0 fully saturated rings. The van der Waals surface area contributed by atoms with Gasteiger partial charge in [-0.1, -0.05) is 6.08 Å². The van der Waals surface area contributed by atoms with Crippen molar-refractivity contribution in [3.05, 3.63) is 28.7 Å². The Morgan fingerprint density at radius 2 is 2.60 bits per heavy atom. The third kappa shape index (κ3) is 3.45. The fourth-order valence-corrected chi connectivity index (χ4v) is 1.80. The first kappa shape index (κ1) is 11.9. The maximum absolute atomic E-state index is 11.4. The van der Waals surface area contributed by atoms with Gasteiger partial charge in [-0.05, 0) is 13.3 Å². The molecule has 4 nitrogen and oxygen atoms in total. The maximum atomic E-state index is 11.4. The Labute approximate surface area is 93.2 Å². The number of thiazole rings is 1. The van der Waals surface area contributed by atoms with Crippen LogP contribution in [0.3, 0.4) is 0 Å². The summed E-state index contributed by atoms with van der Waals surface area (Å²) in [6.07, 6.45) is 2.13. The monoisotopic (exact) mass is 225 g/mol. The summed E-state index contributed by atoms with van der Waals surface area (Å²) < 4.78 is 0. The predicted octanol–water partition coefficient (Wildman–Crippen LogP) is 0.971. The predicted molar refractivity (Wildman–Crippen MR) is 61.5 cm³/mol. The van der Waals surface area contributed by atoms with Gasteiger partial charge >= 0.3 is 0 Å². The van der Waals surface area contributed by atoms with E-state index in [-0.39, 0.29) is 5.91 Å². The highest BCUT2D eigenvalue weighted by molar-refractivity contribution is 7.09. The summed E-state index contributed by atoms with van der Waals surface area (Å²) in [6.45, 7) is 5.96. The Hall–Kier alpha value is -1.20. The lowest BCUT2D eigenvalue weighted by molar-refractivity contribution is -0.122. The van der Waals surface area contributed by atoms with Crippen LogP contribution in [0.25, 0.3) is 0 Å². The summed E-state index contributed by atoms with van der Waals surface area (Å²) >= 11 is 1.53. The van der Waals surface area contributed by atoms with Gasteiger partial charge in [-0.25, -0.2) is 4.98 Å². The lowest BCUT2D eigenvalue weighted by atomic mass is 10.2. The summed E-state index contributed by atoms with van der Waals surface area (Å²) in [5, 5.41) is 2.77. The second-order valence-corrected chi connectivity index (χ2v) is 4.15. The molecule has 0 aliphatic heterocycles. The zero-order chi connectivity index (χ0) is 11.3. The fourth-order valence-electron chi connectivity index (χ4n) is 1.08. The van der Waals surface area contributed by atoms with Crippen LogP contribution in [-0.4, -0.2) is 16.9 Å².